The molecule has 2 heteroatoms. The monoisotopic (exact) mass is 242 g/mol. The van der Waals surface area contributed by atoms with E-state index in [0.29, 0.717) is 5.57 Å². The topological polar surface area (TPSA) is 26.3 Å². The van der Waals surface area contributed by atoms with Crippen molar-refractivity contribution in [1.82, 2.24) is 0 Å². The van der Waals surface area contributed by atoms with Crippen LogP contribution in [-0.2, 0) is 9.53 Å². The van der Waals surface area contributed by atoms with Crippen molar-refractivity contribution >= 4 is 5.97 Å². The molecule has 0 N–H and O–H groups in total. The van der Waals surface area contributed by atoms with E-state index in [0.717, 1.165) is 0 Å². The molecule has 0 aliphatic heterocycles. The first-order valence-electron chi connectivity index (χ1n) is 6.13. The second-order valence-electron chi connectivity index (χ2n) is 4.94. The van der Waals surface area contributed by atoms with Crippen LogP contribution in [0.5, 0.6) is 0 Å². The molecule has 0 bridgehead atoms. The predicted molar refractivity (Wildman–Crippen MR) is 72.9 cm³/mol. The predicted octanol–water partition coefficient (Wildman–Crippen LogP) is 3.35. The second kappa shape index (κ2) is 4.81. The summed E-state index contributed by atoms with van der Waals surface area (Å²) in [6.45, 7) is 7.29. The first kappa shape index (κ1) is 12.6. The van der Waals surface area contributed by atoms with Crippen LogP contribution in [0.4, 0.5) is 0 Å². The van der Waals surface area contributed by atoms with Gasteiger partial charge < -0.3 is 4.74 Å². The molecule has 2 rings (SSSR count). The Morgan fingerprint density at radius 3 is 1.78 bits per heavy atom. The summed E-state index contributed by atoms with van der Waals surface area (Å²) in [4.78, 5) is 11.9. The molecule has 0 spiro atoms. The van der Waals surface area contributed by atoms with Gasteiger partial charge in [-0.3, -0.25) is 0 Å². The maximum absolute atomic E-state index is 11.9. The van der Waals surface area contributed by atoms with Crippen LogP contribution in [0.25, 0.3) is 0 Å². The zero-order valence-electron chi connectivity index (χ0n) is 10.8. The molecular formula is C16H18O2. The molecule has 0 aromatic rings. The summed E-state index contributed by atoms with van der Waals surface area (Å²) in [5, 5.41) is 0. The number of esters is 1. The van der Waals surface area contributed by atoms with E-state index < -0.39 is 5.60 Å². The van der Waals surface area contributed by atoms with Crippen LogP contribution < -0.4 is 0 Å². The number of hydrogen-bond acceptors (Lipinski definition) is 2. The van der Waals surface area contributed by atoms with E-state index in [9.17, 15) is 4.79 Å². The minimum atomic E-state index is -0.594. The van der Waals surface area contributed by atoms with Gasteiger partial charge in [0.05, 0.1) is 0 Å². The maximum atomic E-state index is 11.9. The lowest BCUT2D eigenvalue weighted by Gasteiger charge is -2.37. The Balaban J connectivity index is 2.27. The first-order valence-corrected chi connectivity index (χ1v) is 6.13. The Morgan fingerprint density at radius 2 is 1.44 bits per heavy atom. The minimum Gasteiger partial charge on any atom is -0.454 e. The minimum absolute atomic E-state index is 0.0956. The molecule has 0 saturated heterocycles. The van der Waals surface area contributed by atoms with Crippen LogP contribution in [0.1, 0.15) is 13.8 Å². The normalized spacial score (nSPS) is 18.8. The Hall–Kier alpha value is -1.83. The van der Waals surface area contributed by atoms with Crippen molar-refractivity contribution in [3.8, 4) is 0 Å². The summed E-state index contributed by atoms with van der Waals surface area (Å²) in [5.74, 6) is -0.142. The van der Waals surface area contributed by atoms with Crippen LogP contribution in [0.2, 0.25) is 0 Å². The molecule has 0 unspecified atom stereocenters. The van der Waals surface area contributed by atoms with Gasteiger partial charge in [0, 0.05) is 17.4 Å². The second-order valence-corrected chi connectivity index (χ2v) is 4.94. The largest absolute Gasteiger partial charge is 0.454 e. The molecule has 94 valence electrons. The molecule has 2 aliphatic rings. The molecule has 0 aromatic heterocycles. The zero-order valence-corrected chi connectivity index (χ0v) is 10.8. The fourth-order valence-corrected chi connectivity index (χ4v) is 2.27. The molecule has 0 atom stereocenters. The van der Waals surface area contributed by atoms with Crippen molar-refractivity contribution in [2.75, 3.05) is 0 Å². The smallest absolute Gasteiger partial charge is 0.333 e. The maximum Gasteiger partial charge on any atom is 0.333 e. The number of carbonyl (C=O) groups excluding carboxylic acids is 1. The van der Waals surface area contributed by atoms with E-state index in [2.05, 4.69) is 30.9 Å². The fraction of sp³-hybridized carbons (Fsp3) is 0.312. The van der Waals surface area contributed by atoms with Crippen LogP contribution in [0.3, 0.4) is 0 Å². The molecule has 18 heavy (non-hydrogen) atoms. The van der Waals surface area contributed by atoms with Gasteiger partial charge in [0.2, 0.25) is 0 Å². The Morgan fingerprint density at radius 1 is 1.06 bits per heavy atom. The van der Waals surface area contributed by atoms with Crippen molar-refractivity contribution in [3.63, 3.8) is 0 Å². The molecular weight excluding hydrogens is 224 g/mol. The third-order valence-electron chi connectivity index (χ3n) is 3.48. The standard InChI is InChI=1S/C16H18O2/c1-12(2)15(17)18-16(3,13-8-4-5-9-13)14-10-6-7-11-14/h4-11,13-14H,1H2,2-3H3. The van der Waals surface area contributed by atoms with Crippen molar-refractivity contribution in [1.29, 1.82) is 0 Å². The van der Waals surface area contributed by atoms with Crippen molar-refractivity contribution in [2.24, 2.45) is 11.8 Å². The first-order chi connectivity index (χ1) is 8.54. The van der Waals surface area contributed by atoms with Gasteiger partial charge in [-0.25, -0.2) is 4.79 Å². The highest BCUT2D eigenvalue weighted by Crippen LogP contribution is 2.38. The van der Waals surface area contributed by atoms with E-state index >= 15 is 0 Å². The number of allylic oxidation sites excluding steroid dienone is 4. The van der Waals surface area contributed by atoms with E-state index in [1.54, 1.807) is 6.92 Å². The Bertz CT molecular complexity index is 425. The molecule has 0 aromatic carbocycles. The molecule has 2 nitrogen and oxygen atoms in total. The number of ether oxygens (including phenoxy) is 1. The van der Waals surface area contributed by atoms with Gasteiger partial charge in [0.15, 0.2) is 0 Å². The average molecular weight is 242 g/mol. The van der Waals surface area contributed by atoms with Crippen LogP contribution >= 0.6 is 0 Å². The number of hydrogen-bond donors (Lipinski definition) is 0. The van der Waals surface area contributed by atoms with Gasteiger partial charge in [-0.05, 0) is 13.8 Å². The summed E-state index contributed by atoms with van der Waals surface area (Å²) in [6.07, 6.45) is 16.2. The molecule has 0 amide bonds. The Labute approximate surface area is 108 Å². The Kier molecular flexibility index (Phi) is 3.37. The summed E-state index contributed by atoms with van der Waals surface area (Å²) in [7, 11) is 0. The lowest BCUT2D eigenvalue weighted by molar-refractivity contribution is -0.158. The van der Waals surface area contributed by atoms with Crippen LogP contribution in [0, 0.1) is 11.8 Å². The summed E-state index contributed by atoms with van der Waals surface area (Å²) >= 11 is 0. The molecule has 0 radical (unpaired) electrons. The highest BCUT2D eigenvalue weighted by Gasteiger charge is 2.42. The van der Waals surface area contributed by atoms with Crippen LogP contribution in [0.15, 0.2) is 60.8 Å². The van der Waals surface area contributed by atoms with E-state index in [4.69, 9.17) is 4.74 Å². The van der Waals surface area contributed by atoms with Crippen molar-refractivity contribution in [2.45, 2.75) is 19.4 Å². The van der Waals surface area contributed by atoms with E-state index in [1.165, 1.54) is 0 Å². The van der Waals surface area contributed by atoms with Gasteiger partial charge in [-0.1, -0.05) is 55.2 Å². The van der Waals surface area contributed by atoms with Gasteiger partial charge >= 0.3 is 5.97 Å². The molecule has 0 heterocycles. The van der Waals surface area contributed by atoms with E-state index in [1.807, 2.05) is 31.2 Å². The summed E-state index contributed by atoms with van der Waals surface area (Å²) in [5.41, 5.74) is -0.165. The van der Waals surface area contributed by atoms with Crippen LogP contribution in [-0.4, -0.2) is 11.6 Å². The lowest BCUT2D eigenvalue weighted by Crippen LogP contribution is -2.43. The fourth-order valence-electron chi connectivity index (χ4n) is 2.27. The molecule has 2 aliphatic carbocycles. The van der Waals surface area contributed by atoms with E-state index in [-0.39, 0.29) is 17.8 Å². The summed E-state index contributed by atoms with van der Waals surface area (Å²) < 4.78 is 5.72. The molecule has 0 fully saturated rings. The van der Waals surface area contributed by atoms with Gasteiger partial charge in [-0.15, -0.1) is 0 Å². The number of carbonyl (C=O) groups is 1. The third-order valence-corrected chi connectivity index (χ3v) is 3.48. The quantitative estimate of drug-likeness (QED) is 0.558. The lowest BCUT2D eigenvalue weighted by atomic mass is 9.79. The molecule has 0 saturated carbocycles. The SMILES string of the molecule is C=C(C)C(=O)OC(C)(C1C=CC=C1)C1C=CC=C1. The van der Waals surface area contributed by atoms with Gasteiger partial charge in [-0.2, -0.15) is 0 Å². The third kappa shape index (κ3) is 2.23. The highest BCUT2D eigenvalue weighted by molar-refractivity contribution is 5.87. The summed E-state index contributed by atoms with van der Waals surface area (Å²) in [6, 6.07) is 0. The zero-order chi connectivity index (χ0) is 13.2. The average Bonchev–Trinajstić information content (AvgIpc) is 3.02. The van der Waals surface area contributed by atoms with Gasteiger partial charge in [0.1, 0.15) is 5.60 Å². The van der Waals surface area contributed by atoms with Crippen molar-refractivity contribution < 1.29 is 9.53 Å². The van der Waals surface area contributed by atoms with Crippen molar-refractivity contribution in [3.05, 3.63) is 60.8 Å². The highest BCUT2D eigenvalue weighted by atomic mass is 16.6. The van der Waals surface area contributed by atoms with Gasteiger partial charge in [0.25, 0.3) is 0 Å². The number of rotatable bonds is 4.